The van der Waals surface area contributed by atoms with Crippen molar-refractivity contribution < 1.29 is 4.79 Å². The van der Waals surface area contributed by atoms with Gasteiger partial charge in [0.05, 0.1) is 12.6 Å². The van der Waals surface area contributed by atoms with Crippen LogP contribution in [0.2, 0.25) is 0 Å². The van der Waals surface area contributed by atoms with Crippen LogP contribution in [0.1, 0.15) is 25.6 Å². The van der Waals surface area contributed by atoms with Gasteiger partial charge in [-0.2, -0.15) is 5.26 Å². The summed E-state index contributed by atoms with van der Waals surface area (Å²) in [7, 11) is 1.72. The summed E-state index contributed by atoms with van der Waals surface area (Å²) in [5, 5.41) is 9.18. The molecule has 5 nitrogen and oxygen atoms in total. The van der Waals surface area contributed by atoms with Crippen LogP contribution in [0.15, 0.2) is 12.4 Å². The molecule has 1 N–H and O–H groups in total. The van der Waals surface area contributed by atoms with Crippen LogP contribution in [0.3, 0.4) is 0 Å². The first kappa shape index (κ1) is 11.6. The molecule has 1 amide bonds. The van der Waals surface area contributed by atoms with Gasteiger partial charge in [0.2, 0.25) is 5.91 Å². The van der Waals surface area contributed by atoms with E-state index < -0.39 is 5.41 Å². The summed E-state index contributed by atoms with van der Waals surface area (Å²) >= 11 is 0. The van der Waals surface area contributed by atoms with Gasteiger partial charge in [0.15, 0.2) is 0 Å². The van der Waals surface area contributed by atoms with E-state index >= 15 is 0 Å². The first-order valence-electron chi connectivity index (χ1n) is 5.72. The predicted octanol–water partition coefficient (Wildman–Crippen LogP) is 1.31. The number of hydrogen-bond acceptors (Lipinski definition) is 3. The van der Waals surface area contributed by atoms with E-state index in [1.54, 1.807) is 24.3 Å². The lowest BCUT2D eigenvalue weighted by Crippen LogP contribution is -2.48. The number of amides is 1. The summed E-state index contributed by atoms with van der Waals surface area (Å²) in [6.07, 6.45) is 4.72. The highest BCUT2D eigenvalue weighted by Gasteiger charge is 2.50. The van der Waals surface area contributed by atoms with Crippen LogP contribution in [0, 0.1) is 22.7 Å². The molecule has 1 aliphatic carbocycles. The summed E-state index contributed by atoms with van der Waals surface area (Å²) in [5.41, 5.74) is -0.791. The van der Waals surface area contributed by atoms with E-state index in [1.165, 1.54) is 0 Å². The number of hydrogen-bond donors (Lipinski definition) is 1. The first-order chi connectivity index (χ1) is 8.07. The predicted molar refractivity (Wildman–Crippen MR) is 61.5 cm³/mol. The Kier molecular flexibility index (Phi) is 2.88. The minimum Gasteiger partial charge on any atom is -0.347 e. The van der Waals surface area contributed by atoms with Crippen molar-refractivity contribution in [3.05, 3.63) is 18.2 Å². The number of rotatable bonds is 3. The Bertz CT molecular complexity index is 440. The fraction of sp³-hybridized carbons (Fsp3) is 0.583. The second-order valence-corrected chi connectivity index (χ2v) is 4.90. The summed E-state index contributed by atoms with van der Waals surface area (Å²) in [5.74, 6) is 1.12. The molecule has 0 saturated heterocycles. The Balaban J connectivity index is 2.02. The number of aromatic amines is 1. The van der Waals surface area contributed by atoms with Gasteiger partial charge in [-0.05, 0) is 18.8 Å². The van der Waals surface area contributed by atoms with Crippen molar-refractivity contribution in [3.8, 4) is 6.07 Å². The van der Waals surface area contributed by atoms with Crippen LogP contribution in [0.4, 0.5) is 0 Å². The number of nitriles is 1. The Morgan fingerprint density at radius 2 is 2.47 bits per heavy atom. The van der Waals surface area contributed by atoms with Crippen molar-refractivity contribution in [3.63, 3.8) is 0 Å². The average molecular weight is 232 g/mol. The third kappa shape index (κ3) is 2.03. The lowest BCUT2D eigenvalue weighted by molar-refractivity contribution is -0.144. The van der Waals surface area contributed by atoms with Gasteiger partial charge >= 0.3 is 0 Å². The molecule has 0 spiro atoms. The quantitative estimate of drug-likeness (QED) is 0.853. The van der Waals surface area contributed by atoms with Crippen LogP contribution in [0.25, 0.3) is 0 Å². The lowest BCUT2D eigenvalue weighted by atomic mass is 9.63. The molecule has 17 heavy (non-hydrogen) atoms. The molecular weight excluding hydrogens is 216 g/mol. The second kappa shape index (κ2) is 4.21. The molecule has 0 radical (unpaired) electrons. The maximum absolute atomic E-state index is 12.2. The Hall–Kier alpha value is -1.83. The van der Waals surface area contributed by atoms with Crippen molar-refractivity contribution in [2.45, 2.75) is 26.3 Å². The smallest absolute Gasteiger partial charge is 0.243 e. The van der Waals surface area contributed by atoms with Gasteiger partial charge in [-0.15, -0.1) is 0 Å². The van der Waals surface area contributed by atoms with Crippen LogP contribution in [0.5, 0.6) is 0 Å². The van der Waals surface area contributed by atoms with Gasteiger partial charge in [-0.1, -0.05) is 6.92 Å². The summed E-state index contributed by atoms with van der Waals surface area (Å²) in [6, 6.07) is 2.18. The van der Waals surface area contributed by atoms with E-state index in [1.807, 2.05) is 0 Å². The zero-order valence-corrected chi connectivity index (χ0v) is 10.1. The molecule has 1 saturated carbocycles. The standard InChI is InChI=1S/C12H16N4O/c1-9-5-12(6-9,8-13)11(17)16(2)7-10-14-3-4-15-10/h3-4,9H,5-7H2,1-2H3,(H,14,15). The Morgan fingerprint density at radius 3 is 2.94 bits per heavy atom. The summed E-state index contributed by atoms with van der Waals surface area (Å²) in [6.45, 7) is 2.49. The molecule has 1 aliphatic rings. The maximum Gasteiger partial charge on any atom is 0.243 e. The number of nitrogens with zero attached hydrogens (tertiary/aromatic N) is 3. The Morgan fingerprint density at radius 1 is 1.76 bits per heavy atom. The average Bonchev–Trinajstić information content (AvgIpc) is 2.76. The molecule has 90 valence electrons. The first-order valence-corrected chi connectivity index (χ1v) is 5.72. The fourth-order valence-electron chi connectivity index (χ4n) is 2.49. The van der Waals surface area contributed by atoms with E-state index in [-0.39, 0.29) is 5.91 Å². The van der Waals surface area contributed by atoms with Crippen LogP contribution < -0.4 is 0 Å². The number of nitrogens with one attached hydrogen (secondary N) is 1. The van der Waals surface area contributed by atoms with Gasteiger partial charge in [-0.25, -0.2) is 4.98 Å². The fourth-order valence-corrected chi connectivity index (χ4v) is 2.49. The molecular formula is C12H16N4O. The van der Waals surface area contributed by atoms with Crippen molar-refractivity contribution in [1.29, 1.82) is 5.26 Å². The molecule has 0 unspecified atom stereocenters. The molecule has 0 aliphatic heterocycles. The largest absolute Gasteiger partial charge is 0.347 e. The molecule has 0 atom stereocenters. The molecule has 1 aromatic rings. The molecule has 0 aromatic carbocycles. The third-order valence-electron chi connectivity index (χ3n) is 3.31. The normalized spacial score (nSPS) is 27.0. The summed E-state index contributed by atoms with van der Waals surface area (Å²) in [4.78, 5) is 20.8. The minimum atomic E-state index is -0.791. The number of carbonyl (C=O) groups excluding carboxylic acids is 1. The van der Waals surface area contributed by atoms with Crippen molar-refractivity contribution in [2.75, 3.05) is 7.05 Å². The monoisotopic (exact) mass is 232 g/mol. The van der Waals surface area contributed by atoms with Crippen LogP contribution in [-0.2, 0) is 11.3 Å². The highest BCUT2D eigenvalue weighted by atomic mass is 16.2. The molecule has 2 rings (SSSR count). The molecule has 1 heterocycles. The number of carbonyl (C=O) groups is 1. The van der Waals surface area contributed by atoms with Crippen molar-refractivity contribution >= 4 is 5.91 Å². The summed E-state index contributed by atoms with van der Waals surface area (Å²) < 4.78 is 0. The Labute approximate surface area is 100 Å². The van der Waals surface area contributed by atoms with Crippen molar-refractivity contribution in [1.82, 2.24) is 14.9 Å². The maximum atomic E-state index is 12.2. The second-order valence-electron chi connectivity index (χ2n) is 4.90. The van der Waals surface area contributed by atoms with E-state index in [4.69, 9.17) is 0 Å². The number of H-pyrrole nitrogens is 1. The van der Waals surface area contributed by atoms with Crippen LogP contribution >= 0.6 is 0 Å². The van der Waals surface area contributed by atoms with E-state index in [0.29, 0.717) is 25.3 Å². The number of imidazole rings is 1. The number of aromatic nitrogens is 2. The SMILES string of the molecule is CC1CC(C#N)(C(=O)N(C)Cc2ncc[nH]2)C1. The minimum absolute atomic E-state index is 0.0884. The lowest BCUT2D eigenvalue weighted by Gasteiger charge is -2.41. The van der Waals surface area contributed by atoms with E-state index in [2.05, 4.69) is 23.0 Å². The van der Waals surface area contributed by atoms with Gasteiger partial charge in [0.1, 0.15) is 11.2 Å². The van der Waals surface area contributed by atoms with Crippen molar-refractivity contribution in [2.24, 2.45) is 11.3 Å². The molecule has 1 aromatic heterocycles. The van der Waals surface area contributed by atoms with Crippen LogP contribution in [-0.4, -0.2) is 27.8 Å². The zero-order chi connectivity index (χ0) is 12.5. The van der Waals surface area contributed by atoms with E-state index in [0.717, 1.165) is 5.82 Å². The highest BCUT2D eigenvalue weighted by molar-refractivity contribution is 5.86. The molecule has 5 heteroatoms. The van der Waals surface area contributed by atoms with Gasteiger partial charge < -0.3 is 9.88 Å². The highest BCUT2D eigenvalue weighted by Crippen LogP contribution is 2.46. The zero-order valence-electron chi connectivity index (χ0n) is 10.1. The van der Waals surface area contributed by atoms with E-state index in [9.17, 15) is 10.1 Å². The van der Waals surface area contributed by atoms with Gasteiger partial charge in [-0.3, -0.25) is 4.79 Å². The topological polar surface area (TPSA) is 72.8 Å². The molecule has 1 fully saturated rings. The van der Waals surface area contributed by atoms with Gasteiger partial charge in [0.25, 0.3) is 0 Å². The van der Waals surface area contributed by atoms with Gasteiger partial charge in [0, 0.05) is 19.4 Å². The third-order valence-corrected chi connectivity index (χ3v) is 3.31. The molecule has 0 bridgehead atoms.